The fourth-order valence-electron chi connectivity index (χ4n) is 5.22. The molecule has 7 nitrogen and oxygen atoms in total. The van der Waals surface area contributed by atoms with E-state index in [2.05, 4.69) is 13.0 Å². The molecule has 0 spiro atoms. The van der Waals surface area contributed by atoms with Crippen molar-refractivity contribution in [2.75, 3.05) is 6.61 Å². The fourth-order valence-corrected chi connectivity index (χ4v) is 5.22. The van der Waals surface area contributed by atoms with Gasteiger partial charge in [0.05, 0.1) is 12.2 Å². The highest BCUT2D eigenvalue weighted by Crippen LogP contribution is 2.48. The highest BCUT2D eigenvalue weighted by atomic mass is 16.6. The van der Waals surface area contributed by atoms with Gasteiger partial charge in [-0.3, -0.25) is 0 Å². The van der Waals surface area contributed by atoms with Crippen molar-refractivity contribution in [2.45, 2.75) is 77.1 Å². The number of carbonyl (C=O) groups is 2. The molecular weight excluding hydrogens is 400 g/mol. The van der Waals surface area contributed by atoms with Crippen molar-refractivity contribution in [3.8, 4) is 5.75 Å². The van der Waals surface area contributed by atoms with Crippen molar-refractivity contribution in [3.63, 3.8) is 0 Å². The summed E-state index contributed by atoms with van der Waals surface area (Å²) in [6.07, 6.45) is 3.83. The van der Waals surface area contributed by atoms with Crippen LogP contribution in [0.3, 0.4) is 0 Å². The molecule has 7 heteroatoms. The molecule has 0 aliphatic heterocycles. The molecule has 1 aromatic carbocycles. The second-order valence-electron chi connectivity index (χ2n) is 8.97. The lowest BCUT2D eigenvalue weighted by molar-refractivity contribution is -0.163. The summed E-state index contributed by atoms with van der Waals surface area (Å²) in [4.78, 5) is 22.7. The largest absolute Gasteiger partial charge is 0.482 e. The molecular formula is C24H34O7. The average molecular weight is 435 g/mol. The van der Waals surface area contributed by atoms with Crippen LogP contribution in [-0.4, -0.2) is 52.2 Å². The van der Waals surface area contributed by atoms with Gasteiger partial charge in [0.1, 0.15) is 5.75 Å². The van der Waals surface area contributed by atoms with Crippen molar-refractivity contribution >= 4 is 11.9 Å². The van der Waals surface area contributed by atoms with Gasteiger partial charge in [0.25, 0.3) is 0 Å². The third-order valence-electron chi connectivity index (χ3n) is 6.80. The van der Waals surface area contributed by atoms with Crippen LogP contribution in [0.15, 0.2) is 18.2 Å². The average Bonchev–Trinajstić information content (AvgIpc) is 3.03. The maximum Gasteiger partial charge on any atom is 0.345 e. The first-order chi connectivity index (χ1) is 14.8. The number of carbonyl (C=O) groups excluding carboxylic acids is 1. The Morgan fingerprint density at radius 3 is 2.71 bits per heavy atom. The molecule has 0 aromatic heterocycles. The Hall–Kier alpha value is -2.12. The lowest BCUT2D eigenvalue weighted by Crippen LogP contribution is -2.29. The number of hydrogen-bond acceptors (Lipinski definition) is 6. The van der Waals surface area contributed by atoms with E-state index in [9.17, 15) is 19.8 Å². The number of esters is 1. The topological polar surface area (TPSA) is 113 Å². The summed E-state index contributed by atoms with van der Waals surface area (Å²) in [7, 11) is 0. The fraction of sp³-hybridized carbons (Fsp3) is 0.667. The summed E-state index contributed by atoms with van der Waals surface area (Å²) in [6.45, 7) is 3.02. The SMILES string of the molecule is CCC[C@H](O)CC[C@@H]1[C@H]2Cc3cccc(OCC(=O)O[C@H](C)C(=O)O)c3C[C@H]2C[C@H]1O. The number of hydrogen-bond donors (Lipinski definition) is 3. The molecule has 3 rings (SSSR count). The summed E-state index contributed by atoms with van der Waals surface area (Å²) in [5.74, 6) is -0.377. The Kier molecular flexibility index (Phi) is 7.94. The third kappa shape index (κ3) is 5.77. The zero-order valence-corrected chi connectivity index (χ0v) is 18.3. The zero-order chi connectivity index (χ0) is 22.5. The van der Waals surface area contributed by atoms with Gasteiger partial charge in [-0.15, -0.1) is 0 Å². The maximum absolute atomic E-state index is 11.9. The van der Waals surface area contributed by atoms with Crippen LogP contribution in [-0.2, 0) is 27.2 Å². The molecule has 1 saturated carbocycles. The minimum absolute atomic E-state index is 0.196. The third-order valence-corrected chi connectivity index (χ3v) is 6.80. The molecule has 2 aliphatic rings. The number of aliphatic hydroxyl groups is 2. The molecule has 1 fully saturated rings. The van der Waals surface area contributed by atoms with E-state index >= 15 is 0 Å². The molecule has 0 bridgehead atoms. The minimum Gasteiger partial charge on any atom is -0.482 e. The van der Waals surface area contributed by atoms with E-state index in [1.807, 2.05) is 12.1 Å². The van der Waals surface area contributed by atoms with Crippen LogP contribution in [0.1, 0.15) is 57.1 Å². The Morgan fingerprint density at radius 1 is 1.23 bits per heavy atom. The zero-order valence-electron chi connectivity index (χ0n) is 18.3. The number of aliphatic carboxylic acids is 1. The van der Waals surface area contributed by atoms with Gasteiger partial charge < -0.3 is 24.8 Å². The number of carboxylic acids is 1. The number of fused-ring (bicyclic) bond motifs is 2. The van der Waals surface area contributed by atoms with E-state index in [0.717, 1.165) is 50.5 Å². The van der Waals surface area contributed by atoms with Gasteiger partial charge >= 0.3 is 11.9 Å². The number of carboxylic acid groups (broad SMARTS) is 1. The summed E-state index contributed by atoms with van der Waals surface area (Å²) < 4.78 is 10.5. The number of benzene rings is 1. The van der Waals surface area contributed by atoms with Crippen molar-refractivity contribution < 1.29 is 34.4 Å². The normalized spacial score (nSPS) is 26.5. The highest BCUT2D eigenvalue weighted by molar-refractivity contribution is 5.78. The molecule has 1 aromatic rings. The molecule has 172 valence electrons. The van der Waals surface area contributed by atoms with Crippen molar-refractivity contribution in [3.05, 3.63) is 29.3 Å². The van der Waals surface area contributed by atoms with Crippen LogP contribution in [0.2, 0.25) is 0 Å². The first-order valence-corrected chi connectivity index (χ1v) is 11.3. The molecule has 0 amide bonds. The first kappa shape index (κ1) is 23.5. The van der Waals surface area contributed by atoms with Crippen LogP contribution in [0.4, 0.5) is 0 Å². The Labute approximate surface area is 183 Å². The number of ether oxygens (including phenoxy) is 2. The van der Waals surface area contributed by atoms with E-state index in [1.165, 1.54) is 12.5 Å². The number of aliphatic hydroxyl groups excluding tert-OH is 2. The minimum atomic E-state index is -1.21. The smallest absolute Gasteiger partial charge is 0.345 e. The monoisotopic (exact) mass is 434 g/mol. The summed E-state index contributed by atoms with van der Waals surface area (Å²) in [5.41, 5.74) is 2.22. The lowest BCUT2D eigenvalue weighted by atomic mass is 9.73. The van der Waals surface area contributed by atoms with Crippen molar-refractivity contribution in [1.82, 2.24) is 0 Å². The summed E-state index contributed by atoms with van der Waals surface area (Å²) >= 11 is 0. The van der Waals surface area contributed by atoms with Gasteiger partial charge in [-0.25, -0.2) is 9.59 Å². The summed E-state index contributed by atoms with van der Waals surface area (Å²) in [6, 6.07) is 5.78. The van der Waals surface area contributed by atoms with Gasteiger partial charge in [0.2, 0.25) is 0 Å². The van der Waals surface area contributed by atoms with Gasteiger partial charge in [-0.05, 0) is 80.4 Å². The second-order valence-corrected chi connectivity index (χ2v) is 8.97. The van der Waals surface area contributed by atoms with E-state index < -0.39 is 18.0 Å². The van der Waals surface area contributed by atoms with Crippen LogP contribution in [0.5, 0.6) is 5.75 Å². The summed E-state index contributed by atoms with van der Waals surface area (Å²) in [5, 5.41) is 29.6. The quantitative estimate of drug-likeness (QED) is 0.485. The number of rotatable bonds is 10. The van der Waals surface area contributed by atoms with Gasteiger partial charge in [0, 0.05) is 0 Å². The van der Waals surface area contributed by atoms with Crippen LogP contribution in [0, 0.1) is 17.8 Å². The van der Waals surface area contributed by atoms with Crippen molar-refractivity contribution in [1.29, 1.82) is 0 Å². The molecule has 31 heavy (non-hydrogen) atoms. The standard InChI is InChI=1S/C24H34O7/c1-3-5-17(25)8-9-18-19-10-15-6-4-7-22(20(15)11-16(19)12-21(18)26)30-13-23(27)31-14(2)24(28)29/h4,6-7,14,16-19,21,25-26H,3,5,8-13H2,1-2H3,(H,28,29)/t14-,16+,17+,18-,19+,21-/m1/s1. The van der Waals surface area contributed by atoms with E-state index in [1.54, 1.807) is 0 Å². The van der Waals surface area contributed by atoms with E-state index in [-0.39, 0.29) is 24.7 Å². The Balaban J connectivity index is 1.63. The maximum atomic E-state index is 11.9. The van der Waals surface area contributed by atoms with Gasteiger partial charge in [0.15, 0.2) is 12.7 Å². The van der Waals surface area contributed by atoms with E-state index in [4.69, 9.17) is 14.6 Å². The second kappa shape index (κ2) is 10.5. The Bertz CT molecular complexity index is 777. The molecule has 2 aliphatic carbocycles. The van der Waals surface area contributed by atoms with E-state index in [0.29, 0.717) is 17.6 Å². The molecule has 0 unspecified atom stereocenters. The molecule has 3 N–H and O–H groups in total. The molecule has 0 heterocycles. The van der Waals surface area contributed by atoms with Gasteiger partial charge in [-0.2, -0.15) is 0 Å². The predicted octanol–water partition coefficient (Wildman–Crippen LogP) is 2.73. The van der Waals surface area contributed by atoms with Crippen molar-refractivity contribution in [2.24, 2.45) is 17.8 Å². The van der Waals surface area contributed by atoms with Crippen LogP contribution in [0.25, 0.3) is 0 Å². The first-order valence-electron chi connectivity index (χ1n) is 11.3. The molecule has 0 saturated heterocycles. The van der Waals surface area contributed by atoms with Gasteiger partial charge in [-0.1, -0.05) is 25.5 Å². The van der Waals surface area contributed by atoms with Crippen LogP contribution >= 0.6 is 0 Å². The highest BCUT2D eigenvalue weighted by Gasteiger charge is 2.44. The molecule has 0 radical (unpaired) electrons. The Morgan fingerprint density at radius 2 is 2.00 bits per heavy atom. The predicted molar refractivity (Wildman–Crippen MR) is 114 cm³/mol. The molecule has 6 atom stereocenters. The van der Waals surface area contributed by atoms with Crippen LogP contribution < -0.4 is 4.74 Å². The lowest BCUT2D eigenvalue weighted by Gasteiger charge is -2.32.